The Bertz CT molecular complexity index is 3190. The lowest BCUT2D eigenvalue weighted by molar-refractivity contribution is -0.143. The van der Waals surface area contributed by atoms with Crippen molar-refractivity contribution >= 4 is 104 Å². The van der Waals surface area contributed by atoms with Crippen LogP contribution < -0.4 is 0 Å². The molecule has 2 fully saturated rings. The molecule has 2 aliphatic rings. The Morgan fingerprint density at radius 3 is 1.49 bits per heavy atom. The molecule has 2 saturated heterocycles. The van der Waals surface area contributed by atoms with E-state index in [2.05, 4.69) is 10.2 Å². The van der Waals surface area contributed by atoms with Crippen LogP contribution in [-0.2, 0) is 31.4 Å². The summed E-state index contributed by atoms with van der Waals surface area (Å²) in [5.41, 5.74) is -1.13. The van der Waals surface area contributed by atoms with Crippen molar-refractivity contribution in [3.8, 4) is 0 Å². The number of aromatic nitrogens is 4. The highest BCUT2D eigenvalue weighted by molar-refractivity contribution is 6.42. The van der Waals surface area contributed by atoms with E-state index in [1.54, 1.807) is 9.80 Å². The number of aryl methyl sites for hydroxylation is 2. The SMILES string of the molecule is COC(=O)CC1CCN(C(=O)c2ccc(Cl)c(C(=O)n3cc4cc(C(F)(F)F)cc(C)c4n3)c2Cl)CC1.COC(=O)CC1CCN(C(=O)c2ccc(Cl)c(C(=O)n3ncc4cc(C(F)(F)F)cc(C)c43)c2Cl)CC1. The molecule has 2 amide bonds. The Kier molecular flexibility index (Phi) is 16.7. The minimum Gasteiger partial charge on any atom is -0.469 e. The highest BCUT2D eigenvalue weighted by atomic mass is 35.5. The largest absolute Gasteiger partial charge is 0.469 e. The van der Waals surface area contributed by atoms with Gasteiger partial charge in [0, 0.05) is 56.0 Å². The summed E-state index contributed by atoms with van der Waals surface area (Å²) in [4.78, 5) is 79.5. The first-order valence-corrected chi connectivity index (χ1v) is 24.2. The Hall–Kier alpha value is -6.22. The Morgan fingerprint density at radius 2 is 1.04 bits per heavy atom. The Morgan fingerprint density at radius 1 is 0.608 bits per heavy atom. The van der Waals surface area contributed by atoms with E-state index in [9.17, 15) is 55.1 Å². The number of fused-ring (bicyclic) bond motifs is 2. The van der Waals surface area contributed by atoms with E-state index >= 15 is 0 Å². The smallest absolute Gasteiger partial charge is 0.416 e. The summed E-state index contributed by atoms with van der Waals surface area (Å²) in [5.74, 6) is -2.76. The van der Waals surface area contributed by atoms with E-state index in [0.29, 0.717) is 51.9 Å². The molecule has 0 unspecified atom stereocenters. The number of halogens is 10. The predicted molar refractivity (Wildman–Crippen MR) is 262 cm³/mol. The molecule has 0 bridgehead atoms. The van der Waals surface area contributed by atoms with Gasteiger partial charge in [-0.3, -0.25) is 28.8 Å². The number of hydrogen-bond acceptors (Lipinski definition) is 10. The topological polar surface area (TPSA) is 163 Å². The number of methoxy groups -OCH3 is 2. The third-order valence-electron chi connectivity index (χ3n) is 12.9. The van der Waals surface area contributed by atoms with Crippen molar-refractivity contribution in [2.75, 3.05) is 40.4 Å². The maximum Gasteiger partial charge on any atom is 0.416 e. The van der Waals surface area contributed by atoms with Crippen molar-refractivity contribution < 1.29 is 64.6 Å². The highest BCUT2D eigenvalue weighted by Gasteiger charge is 2.35. The number of piperidine rings is 2. The zero-order chi connectivity index (χ0) is 54.1. The van der Waals surface area contributed by atoms with Crippen molar-refractivity contribution in [2.45, 2.75) is 64.7 Å². The van der Waals surface area contributed by atoms with Gasteiger partial charge in [-0.15, -0.1) is 0 Å². The molecule has 14 nitrogen and oxygen atoms in total. The molecule has 74 heavy (non-hydrogen) atoms. The lowest BCUT2D eigenvalue weighted by Crippen LogP contribution is -2.39. The normalized spacial score (nSPS) is 14.7. The van der Waals surface area contributed by atoms with Gasteiger partial charge in [-0.2, -0.15) is 41.2 Å². The van der Waals surface area contributed by atoms with Crippen molar-refractivity contribution in [1.82, 2.24) is 29.4 Å². The number of carbonyl (C=O) groups is 6. The van der Waals surface area contributed by atoms with Crippen LogP contribution >= 0.6 is 46.4 Å². The highest BCUT2D eigenvalue weighted by Crippen LogP contribution is 2.38. The third kappa shape index (κ3) is 11.8. The quantitative estimate of drug-likeness (QED) is 0.106. The summed E-state index contributed by atoms with van der Waals surface area (Å²) < 4.78 is 90.5. The van der Waals surface area contributed by atoms with Gasteiger partial charge in [-0.05, 0) is 111 Å². The summed E-state index contributed by atoms with van der Waals surface area (Å²) in [5, 5.41) is 7.97. The number of likely N-dealkylation sites (tertiary alicyclic amines) is 2. The molecule has 0 radical (unpaired) electrons. The van der Waals surface area contributed by atoms with Gasteiger partial charge in [-0.25, -0.2) is 4.68 Å². The number of rotatable bonds is 8. The van der Waals surface area contributed by atoms with Crippen LogP contribution in [-0.4, -0.2) is 105 Å². The van der Waals surface area contributed by atoms with Crippen LogP contribution in [0.15, 0.2) is 60.9 Å². The second-order valence-electron chi connectivity index (χ2n) is 17.8. The first-order chi connectivity index (χ1) is 34.8. The number of carbonyl (C=O) groups excluding carboxylic acids is 6. The molecule has 0 N–H and O–H groups in total. The lowest BCUT2D eigenvalue weighted by Gasteiger charge is -2.32. The Labute approximate surface area is 438 Å². The fourth-order valence-corrected chi connectivity index (χ4v) is 10.2. The molecule has 6 aromatic rings. The van der Waals surface area contributed by atoms with Crippen LogP contribution in [0, 0.1) is 25.7 Å². The zero-order valence-electron chi connectivity index (χ0n) is 39.7. The van der Waals surface area contributed by atoms with E-state index in [1.807, 2.05) is 0 Å². The van der Waals surface area contributed by atoms with E-state index in [1.165, 1.54) is 58.5 Å². The monoisotopic (exact) mass is 1110 g/mol. The summed E-state index contributed by atoms with van der Waals surface area (Å²) in [6, 6.07) is 9.29. The molecule has 392 valence electrons. The van der Waals surface area contributed by atoms with Crippen LogP contribution in [0.25, 0.3) is 21.8 Å². The molecule has 24 heteroatoms. The average Bonchev–Trinajstić information content (AvgIpc) is 4.00. The van der Waals surface area contributed by atoms with Crippen LogP contribution in [0.5, 0.6) is 0 Å². The maximum absolute atomic E-state index is 13.5. The van der Waals surface area contributed by atoms with Crippen LogP contribution in [0.4, 0.5) is 26.3 Å². The Balaban J connectivity index is 0.000000216. The van der Waals surface area contributed by atoms with E-state index in [0.717, 1.165) is 39.8 Å². The molecular formula is C50H44Cl4F6N6O8. The van der Waals surface area contributed by atoms with E-state index < -0.39 is 47.1 Å². The van der Waals surface area contributed by atoms with Crippen LogP contribution in [0.2, 0.25) is 20.1 Å². The van der Waals surface area contributed by atoms with Crippen molar-refractivity contribution in [2.24, 2.45) is 11.8 Å². The minimum atomic E-state index is -4.56. The predicted octanol–water partition coefficient (Wildman–Crippen LogP) is 11.5. The van der Waals surface area contributed by atoms with Crippen LogP contribution in [0.1, 0.15) is 102 Å². The maximum atomic E-state index is 13.5. The molecule has 2 aliphatic heterocycles. The van der Waals surface area contributed by atoms with Gasteiger partial charge in [0.2, 0.25) is 0 Å². The summed E-state index contributed by atoms with van der Waals surface area (Å²) in [6.07, 6.45) is -3.79. The molecule has 4 aromatic carbocycles. The van der Waals surface area contributed by atoms with Crippen molar-refractivity contribution in [3.63, 3.8) is 0 Å². The minimum absolute atomic E-state index is 0.0310. The second-order valence-corrected chi connectivity index (χ2v) is 19.4. The van der Waals surface area contributed by atoms with Gasteiger partial charge >= 0.3 is 24.3 Å². The molecule has 8 rings (SSSR count). The number of hydrogen-bond donors (Lipinski definition) is 0. The number of nitrogens with zero attached hydrogens (tertiary/aromatic N) is 6. The second kappa shape index (κ2) is 22.3. The molecule has 0 spiro atoms. The van der Waals surface area contributed by atoms with Gasteiger partial charge < -0.3 is 19.3 Å². The number of benzene rings is 4. The fraction of sp³-hybridized carbons (Fsp3) is 0.360. The number of esters is 2. The van der Waals surface area contributed by atoms with Gasteiger partial charge in [-0.1, -0.05) is 46.4 Å². The van der Waals surface area contributed by atoms with Gasteiger partial charge in [0.1, 0.15) is 0 Å². The molecule has 4 heterocycles. The standard InChI is InChI=1S/2C25H22Cl2F3N3O4/c1-13-9-16(25(28,29)30)11-15-12-33(31-22(13)15)24(36)20-18(26)4-3-17(21(20)27)23(35)32-7-5-14(6-8-32)10-19(34)37-2;1-13-9-16(25(28,29)30)11-15-12-31-33(22(13)15)24(36)20-18(26)4-3-17(21(20)27)23(35)32-7-5-14(6-8-32)10-19(34)37-2/h2*3-4,9,11-12,14H,5-8,10H2,1-2H3. The van der Waals surface area contributed by atoms with Crippen molar-refractivity contribution in [3.05, 3.63) is 126 Å². The fourth-order valence-electron chi connectivity index (χ4n) is 8.97. The molecule has 2 aromatic heterocycles. The van der Waals surface area contributed by atoms with Gasteiger partial charge in [0.25, 0.3) is 23.6 Å². The third-order valence-corrected chi connectivity index (χ3v) is 14.4. The summed E-state index contributed by atoms with van der Waals surface area (Å²) in [7, 11) is 2.66. The van der Waals surface area contributed by atoms with Gasteiger partial charge in [0.15, 0.2) is 0 Å². The number of alkyl halides is 6. The van der Waals surface area contributed by atoms with Gasteiger partial charge in [0.05, 0.1) is 84.9 Å². The van der Waals surface area contributed by atoms with Crippen molar-refractivity contribution in [1.29, 1.82) is 0 Å². The van der Waals surface area contributed by atoms with E-state index in [4.69, 9.17) is 55.9 Å². The zero-order valence-corrected chi connectivity index (χ0v) is 42.8. The number of amides is 2. The number of ether oxygens (including phenoxy) is 2. The average molecular weight is 1110 g/mol. The summed E-state index contributed by atoms with van der Waals surface area (Å²) >= 11 is 25.6. The molecule has 0 aliphatic carbocycles. The molecular weight excluding hydrogens is 1070 g/mol. The lowest BCUT2D eigenvalue weighted by atomic mass is 9.93. The van der Waals surface area contributed by atoms with Crippen LogP contribution in [0.3, 0.4) is 0 Å². The summed E-state index contributed by atoms with van der Waals surface area (Å²) in [6.45, 7) is 4.49. The van der Waals surface area contributed by atoms with E-state index in [-0.39, 0.29) is 112 Å². The first-order valence-electron chi connectivity index (χ1n) is 22.7. The molecule has 0 atom stereocenters. The molecule has 0 saturated carbocycles. The first kappa shape index (κ1) is 55.5.